The molecule has 1 aromatic carbocycles. The first-order valence-electron chi connectivity index (χ1n) is 6.38. The summed E-state index contributed by atoms with van der Waals surface area (Å²) in [6.45, 7) is 1.34. The number of aromatic nitrogens is 2. The predicted molar refractivity (Wildman–Crippen MR) is 82.3 cm³/mol. The number of anilines is 1. The first-order valence-corrected chi connectivity index (χ1v) is 7.17. The monoisotopic (exact) mass is 336 g/mol. The van der Waals surface area contributed by atoms with E-state index in [9.17, 15) is 4.79 Å². The van der Waals surface area contributed by atoms with E-state index in [2.05, 4.69) is 31.7 Å². The zero-order chi connectivity index (χ0) is 14.4. The number of rotatable bonds is 6. The predicted octanol–water partition coefficient (Wildman–Crippen LogP) is 2.30. The fourth-order valence-electron chi connectivity index (χ4n) is 1.75. The molecule has 2 aromatic rings. The fraction of sp³-hybridized carbons (Fsp3) is 0.286. The summed E-state index contributed by atoms with van der Waals surface area (Å²) in [4.78, 5) is 11.7. The largest absolute Gasteiger partial charge is 0.326 e. The lowest BCUT2D eigenvalue weighted by molar-refractivity contribution is -0.116. The molecule has 0 saturated heterocycles. The van der Waals surface area contributed by atoms with Crippen LogP contribution in [0.25, 0.3) is 0 Å². The molecule has 0 fully saturated rings. The maximum atomic E-state index is 11.7. The summed E-state index contributed by atoms with van der Waals surface area (Å²) in [5.74, 6) is 0.00447. The molecular weight excluding hydrogens is 320 g/mol. The molecule has 5 nitrogen and oxygen atoms in total. The second-order valence-electron chi connectivity index (χ2n) is 4.43. The minimum absolute atomic E-state index is 0.00447. The van der Waals surface area contributed by atoms with E-state index in [1.807, 2.05) is 42.1 Å². The second kappa shape index (κ2) is 7.21. The zero-order valence-corrected chi connectivity index (χ0v) is 12.9. The Morgan fingerprint density at radius 2 is 2.05 bits per heavy atom. The van der Waals surface area contributed by atoms with Crippen molar-refractivity contribution < 1.29 is 4.79 Å². The van der Waals surface area contributed by atoms with Crippen LogP contribution in [0.1, 0.15) is 12.1 Å². The lowest BCUT2D eigenvalue weighted by atomic mass is 10.3. The van der Waals surface area contributed by atoms with Crippen molar-refractivity contribution >= 4 is 27.5 Å². The van der Waals surface area contributed by atoms with Gasteiger partial charge in [-0.05, 0) is 30.3 Å². The molecule has 1 aromatic heterocycles. The number of nitrogens with one attached hydrogen (secondary N) is 2. The van der Waals surface area contributed by atoms with Crippen LogP contribution in [0.4, 0.5) is 5.69 Å². The maximum absolute atomic E-state index is 11.7. The molecule has 0 aliphatic rings. The third-order valence-electron chi connectivity index (χ3n) is 2.89. The van der Waals surface area contributed by atoms with Crippen molar-refractivity contribution in [2.24, 2.45) is 7.05 Å². The van der Waals surface area contributed by atoms with Crippen LogP contribution in [0.5, 0.6) is 0 Å². The van der Waals surface area contributed by atoms with E-state index in [-0.39, 0.29) is 5.91 Å². The van der Waals surface area contributed by atoms with Gasteiger partial charge >= 0.3 is 0 Å². The molecule has 106 valence electrons. The summed E-state index contributed by atoms with van der Waals surface area (Å²) in [5.41, 5.74) is 1.91. The Bertz CT molecular complexity index is 565. The number of carbonyl (C=O) groups excluding carboxylic acids is 1. The van der Waals surface area contributed by atoms with Crippen molar-refractivity contribution in [3.8, 4) is 0 Å². The number of benzene rings is 1. The minimum Gasteiger partial charge on any atom is -0.326 e. The van der Waals surface area contributed by atoms with Gasteiger partial charge < -0.3 is 10.6 Å². The van der Waals surface area contributed by atoms with Gasteiger partial charge in [-0.25, -0.2) is 0 Å². The van der Waals surface area contributed by atoms with Crippen LogP contribution >= 0.6 is 15.9 Å². The van der Waals surface area contributed by atoms with Crippen molar-refractivity contribution in [1.82, 2.24) is 15.1 Å². The molecule has 2 rings (SSSR count). The van der Waals surface area contributed by atoms with Crippen LogP contribution in [-0.2, 0) is 18.4 Å². The number of nitrogens with zero attached hydrogens (tertiary/aromatic N) is 2. The Balaban J connectivity index is 1.68. The highest BCUT2D eigenvalue weighted by Crippen LogP contribution is 2.14. The summed E-state index contributed by atoms with van der Waals surface area (Å²) in [6.07, 6.45) is 2.20. The number of hydrogen-bond donors (Lipinski definition) is 2. The van der Waals surface area contributed by atoms with E-state index in [0.29, 0.717) is 19.5 Å². The van der Waals surface area contributed by atoms with Crippen molar-refractivity contribution in [3.63, 3.8) is 0 Å². The normalized spacial score (nSPS) is 10.5. The van der Waals surface area contributed by atoms with Gasteiger partial charge in [0.05, 0.1) is 5.69 Å². The summed E-state index contributed by atoms with van der Waals surface area (Å²) in [7, 11) is 1.90. The highest BCUT2D eigenvalue weighted by molar-refractivity contribution is 9.10. The molecule has 0 radical (unpaired) electrons. The van der Waals surface area contributed by atoms with Gasteiger partial charge in [0.2, 0.25) is 5.91 Å². The molecule has 0 bridgehead atoms. The molecule has 2 N–H and O–H groups in total. The Kier molecular flexibility index (Phi) is 5.31. The second-order valence-corrected chi connectivity index (χ2v) is 5.34. The smallest absolute Gasteiger partial charge is 0.225 e. The van der Waals surface area contributed by atoms with Gasteiger partial charge in [-0.2, -0.15) is 5.10 Å². The third-order valence-corrected chi connectivity index (χ3v) is 3.41. The van der Waals surface area contributed by atoms with Gasteiger partial charge in [0.25, 0.3) is 0 Å². The number of hydrogen-bond acceptors (Lipinski definition) is 3. The van der Waals surface area contributed by atoms with Crippen LogP contribution in [-0.4, -0.2) is 22.2 Å². The molecule has 0 unspecified atom stereocenters. The number of amides is 1. The zero-order valence-electron chi connectivity index (χ0n) is 11.3. The van der Waals surface area contributed by atoms with Gasteiger partial charge in [0.15, 0.2) is 0 Å². The van der Waals surface area contributed by atoms with Gasteiger partial charge in [-0.3, -0.25) is 9.48 Å². The van der Waals surface area contributed by atoms with E-state index in [1.54, 1.807) is 6.20 Å². The molecule has 6 heteroatoms. The Morgan fingerprint density at radius 3 is 2.70 bits per heavy atom. The standard InChI is InChI=1S/C14H17BrN4O/c1-19-13(6-9-17-19)10-16-8-7-14(20)18-12-4-2-11(15)3-5-12/h2-6,9,16H,7-8,10H2,1H3,(H,18,20). The average Bonchev–Trinajstić information content (AvgIpc) is 2.83. The molecule has 0 aliphatic carbocycles. The lowest BCUT2D eigenvalue weighted by Crippen LogP contribution is -2.22. The van der Waals surface area contributed by atoms with Crippen LogP contribution in [0.2, 0.25) is 0 Å². The molecule has 0 atom stereocenters. The van der Waals surface area contributed by atoms with E-state index in [1.165, 1.54) is 0 Å². The van der Waals surface area contributed by atoms with Gasteiger partial charge in [0.1, 0.15) is 0 Å². The van der Waals surface area contributed by atoms with Gasteiger partial charge in [0, 0.05) is 42.9 Å². The van der Waals surface area contributed by atoms with Crippen LogP contribution in [0, 0.1) is 0 Å². The number of carbonyl (C=O) groups is 1. The highest BCUT2D eigenvalue weighted by atomic mass is 79.9. The van der Waals surface area contributed by atoms with E-state index in [4.69, 9.17) is 0 Å². The topological polar surface area (TPSA) is 59.0 Å². The maximum Gasteiger partial charge on any atom is 0.225 e. The summed E-state index contributed by atoms with van der Waals surface area (Å²) in [5, 5.41) is 10.2. The summed E-state index contributed by atoms with van der Waals surface area (Å²) in [6, 6.07) is 9.48. The number of halogens is 1. The van der Waals surface area contributed by atoms with Crippen molar-refractivity contribution in [3.05, 3.63) is 46.7 Å². The van der Waals surface area contributed by atoms with Gasteiger partial charge in [-0.1, -0.05) is 15.9 Å². The van der Waals surface area contributed by atoms with Crippen LogP contribution < -0.4 is 10.6 Å². The molecule has 0 spiro atoms. The minimum atomic E-state index is 0.00447. The summed E-state index contributed by atoms with van der Waals surface area (Å²) < 4.78 is 2.81. The SMILES string of the molecule is Cn1nccc1CNCCC(=O)Nc1ccc(Br)cc1. The average molecular weight is 337 g/mol. The van der Waals surface area contributed by atoms with Gasteiger partial charge in [-0.15, -0.1) is 0 Å². The molecule has 20 heavy (non-hydrogen) atoms. The van der Waals surface area contributed by atoms with Crippen molar-refractivity contribution in [2.45, 2.75) is 13.0 Å². The number of aryl methyl sites for hydroxylation is 1. The van der Waals surface area contributed by atoms with Crippen molar-refractivity contribution in [1.29, 1.82) is 0 Å². The van der Waals surface area contributed by atoms with Crippen LogP contribution in [0.15, 0.2) is 41.0 Å². The molecule has 1 heterocycles. The lowest BCUT2D eigenvalue weighted by Gasteiger charge is -2.07. The van der Waals surface area contributed by atoms with E-state index >= 15 is 0 Å². The Morgan fingerprint density at radius 1 is 1.30 bits per heavy atom. The fourth-order valence-corrected chi connectivity index (χ4v) is 2.01. The molecule has 1 amide bonds. The molecule has 0 aliphatic heterocycles. The molecular formula is C14H17BrN4O. The highest BCUT2D eigenvalue weighted by Gasteiger charge is 2.03. The quantitative estimate of drug-likeness (QED) is 0.796. The first kappa shape index (κ1) is 14.7. The van der Waals surface area contributed by atoms with E-state index in [0.717, 1.165) is 15.9 Å². The Labute approximate surface area is 126 Å². The third kappa shape index (κ3) is 4.47. The summed E-state index contributed by atoms with van der Waals surface area (Å²) >= 11 is 3.36. The van der Waals surface area contributed by atoms with Crippen molar-refractivity contribution in [2.75, 3.05) is 11.9 Å². The first-order chi connectivity index (χ1) is 9.65. The van der Waals surface area contributed by atoms with Crippen LogP contribution in [0.3, 0.4) is 0 Å². The van der Waals surface area contributed by atoms with E-state index < -0.39 is 0 Å². The molecule has 0 saturated carbocycles. The Hall–Kier alpha value is -1.66.